The highest BCUT2D eigenvalue weighted by molar-refractivity contribution is 5.64. The maximum absolute atomic E-state index is 14.4. The van der Waals surface area contributed by atoms with Crippen LogP contribution in [-0.4, -0.2) is 0 Å². The van der Waals surface area contributed by atoms with Crippen LogP contribution in [0.15, 0.2) is 48.5 Å². The topological polar surface area (TPSA) is 9.23 Å². The van der Waals surface area contributed by atoms with E-state index in [9.17, 15) is 26.3 Å². The van der Waals surface area contributed by atoms with Gasteiger partial charge in [0.2, 0.25) is 0 Å². The van der Waals surface area contributed by atoms with Crippen LogP contribution in [-0.2, 0) is 6.11 Å². The predicted octanol–water partition coefficient (Wildman–Crippen LogP) is 7.68. The van der Waals surface area contributed by atoms with Crippen LogP contribution in [0.2, 0.25) is 0 Å². The molecule has 30 heavy (non-hydrogen) atoms. The van der Waals surface area contributed by atoms with Crippen molar-refractivity contribution in [1.29, 1.82) is 0 Å². The summed E-state index contributed by atoms with van der Waals surface area (Å²) in [7, 11) is 0. The van der Waals surface area contributed by atoms with Gasteiger partial charge in [0, 0.05) is 17.7 Å². The third-order valence-corrected chi connectivity index (χ3v) is 4.22. The lowest BCUT2D eigenvalue weighted by Gasteiger charge is -2.20. The van der Waals surface area contributed by atoms with Crippen molar-refractivity contribution in [1.82, 2.24) is 0 Å². The van der Waals surface area contributed by atoms with E-state index in [0.717, 1.165) is 24.6 Å². The summed E-state index contributed by atoms with van der Waals surface area (Å²) < 4.78 is 88.7. The van der Waals surface area contributed by atoms with Gasteiger partial charge in [-0.1, -0.05) is 43.7 Å². The molecule has 0 amide bonds. The summed E-state index contributed by atoms with van der Waals surface area (Å²) in [5.74, 6) is -6.24. The van der Waals surface area contributed by atoms with Crippen molar-refractivity contribution < 1.29 is 31.1 Å². The minimum atomic E-state index is -4.49. The lowest BCUT2D eigenvalue weighted by Crippen LogP contribution is -2.25. The average Bonchev–Trinajstić information content (AvgIpc) is 2.67. The Kier molecular flexibility index (Phi) is 7.18. The van der Waals surface area contributed by atoms with Crippen LogP contribution in [0, 0.1) is 37.1 Å². The van der Waals surface area contributed by atoms with Crippen LogP contribution in [0.3, 0.4) is 0 Å². The lowest BCUT2D eigenvalue weighted by molar-refractivity contribution is -0.189. The van der Waals surface area contributed by atoms with E-state index in [4.69, 9.17) is 0 Å². The van der Waals surface area contributed by atoms with Gasteiger partial charge in [-0.15, -0.1) is 0 Å². The molecule has 0 radical (unpaired) electrons. The molecule has 0 saturated carbocycles. The second kappa shape index (κ2) is 9.24. The zero-order valence-corrected chi connectivity index (χ0v) is 16.8. The molecule has 0 saturated heterocycles. The summed E-state index contributed by atoms with van der Waals surface area (Å²) in [4.78, 5) is 0. The first-order valence-corrected chi connectivity index (χ1v) is 9.17. The summed E-state index contributed by atoms with van der Waals surface area (Å²) >= 11 is 0. The molecule has 0 aliphatic carbocycles. The van der Waals surface area contributed by atoms with Gasteiger partial charge in [0.1, 0.15) is 34.6 Å². The summed E-state index contributed by atoms with van der Waals surface area (Å²) in [5, 5.41) is 0. The second-order valence-electron chi connectivity index (χ2n) is 6.31. The fourth-order valence-electron chi connectivity index (χ4n) is 2.64. The Morgan fingerprint density at radius 2 is 1.13 bits per heavy atom. The van der Waals surface area contributed by atoms with E-state index in [1.807, 2.05) is 20.8 Å². The first-order chi connectivity index (χ1) is 14.1. The molecule has 0 aliphatic rings. The SMILES string of the molecule is CC.Cc1ccc(-c2cc(F)c(C(F)(F)Oc3cc(F)c(C)c(F)c3)c(F)c2)cc1. The number of benzene rings is 3. The molecule has 0 fully saturated rings. The number of halogens is 6. The molecule has 7 heteroatoms. The van der Waals surface area contributed by atoms with Crippen LogP contribution in [0.5, 0.6) is 5.75 Å². The van der Waals surface area contributed by atoms with E-state index in [0.29, 0.717) is 17.7 Å². The molecule has 0 unspecified atom stereocenters. The Hall–Kier alpha value is -2.96. The van der Waals surface area contributed by atoms with E-state index in [1.54, 1.807) is 24.3 Å². The molecular weight excluding hydrogens is 406 g/mol. The third-order valence-electron chi connectivity index (χ3n) is 4.22. The highest BCUT2D eigenvalue weighted by atomic mass is 19.3. The van der Waals surface area contributed by atoms with Gasteiger partial charge in [0.15, 0.2) is 0 Å². The number of rotatable bonds is 4. The Morgan fingerprint density at radius 3 is 1.60 bits per heavy atom. The fourth-order valence-corrected chi connectivity index (χ4v) is 2.64. The smallest absolute Gasteiger partial charge is 0.429 e. The highest BCUT2D eigenvalue weighted by Crippen LogP contribution is 2.37. The molecule has 0 aliphatic heterocycles. The Balaban J connectivity index is 0.00000155. The van der Waals surface area contributed by atoms with E-state index in [-0.39, 0.29) is 5.56 Å². The molecule has 3 aromatic carbocycles. The Bertz CT molecular complexity index is 982. The quantitative estimate of drug-likeness (QED) is 0.389. The molecule has 0 heterocycles. The van der Waals surface area contributed by atoms with E-state index in [1.165, 1.54) is 0 Å². The van der Waals surface area contributed by atoms with Gasteiger partial charge < -0.3 is 4.74 Å². The van der Waals surface area contributed by atoms with Crippen molar-refractivity contribution in [3.05, 3.63) is 88.5 Å². The van der Waals surface area contributed by atoms with Crippen LogP contribution in [0.1, 0.15) is 30.5 Å². The summed E-state index contributed by atoms with van der Waals surface area (Å²) in [6.45, 7) is 6.93. The predicted molar refractivity (Wildman–Crippen MR) is 103 cm³/mol. The monoisotopic (exact) mass is 426 g/mol. The average molecular weight is 426 g/mol. The van der Waals surface area contributed by atoms with Crippen LogP contribution < -0.4 is 4.74 Å². The largest absolute Gasteiger partial charge is 0.432 e. The van der Waals surface area contributed by atoms with E-state index in [2.05, 4.69) is 4.74 Å². The molecule has 3 aromatic rings. The van der Waals surface area contributed by atoms with Crippen molar-refractivity contribution in [3.63, 3.8) is 0 Å². The van der Waals surface area contributed by atoms with Gasteiger partial charge in [0.05, 0.1) is 0 Å². The number of ether oxygens (including phenoxy) is 1. The minimum Gasteiger partial charge on any atom is -0.429 e. The number of hydrogen-bond donors (Lipinski definition) is 0. The maximum atomic E-state index is 14.4. The molecule has 3 rings (SSSR count). The lowest BCUT2D eigenvalue weighted by atomic mass is 10.0. The molecule has 160 valence electrons. The zero-order valence-electron chi connectivity index (χ0n) is 16.8. The van der Waals surface area contributed by atoms with E-state index >= 15 is 0 Å². The van der Waals surface area contributed by atoms with Crippen LogP contribution in [0.25, 0.3) is 11.1 Å². The maximum Gasteiger partial charge on any atom is 0.432 e. The third kappa shape index (κ3) is 4.96. The van der Waals surface area contributed by atoms with Gasteiger partial charge in [-0.2, -0.15) is 8.78 Å². The Labute approximate surface area is 170 Å². The molecule has 0 N–H and O–H groups in total. The molecule has 0 aromatic heterocycles. The molecule has 0 bridgehead atoms. The van der Waals surface area contributed by atoms with Crippen molar-refractivity contribution in [3.8, 4) is 16.9 Å². The van der Waals surface area contributed by atoms with Crippen LogP contribution >= 0.6 is 0 Å². The first-order valence-electron chi connectivity index (χ1n) is 9.17. The van der Waals surface area contributed by atoms with Gasteiger partial charge in [-0.25, -0.2) is 17.6 Å². The van der Waals surface area contributed by atoms with Gasteiger partial charge in [-0.3, -0.25) is 0 Å². The van der Waals surface area contributed by atoms with Crippen molar-refractivity contribution in [2.45, 2.75) is 33.8 Å². The molecule has 0 spiro atoms. The van der Waals surface area contributed by atoms with E-state index < -0.39 is 46.3 Å². The molecular formula is C23H20F6O. The second-order valence-corrected chi connectivity index (χ2v) is 6.31. The molecule has 0 atom stereocenters. The summed E-state index contributed by atoms with van der Waals surface area (Å²) in [6, 6.07) is 9.12. The van der Waals surface area contributed by atoms with Crippen molar-refractivity contribution in [2.24, 2.45) is 0 Å². The van der Waals surface area contributed by atoms with Gasteiger partial charge >= 0.3 is 6.11 Å². The summed E-state index contributed by atoms with van der Waals surface area (Å²) in [6.07, 6.45) is -4.49. The molecule has 1 nitrogen and oxygen atoms in total. The standard InChI is InChI=1S/C21H14F6O.C2H6/c1-11-3-5-13(6-4-11)14-7-18(24)20(19(25)8-14)21(26,27)28-15-9-16(22)12(2)17(23)10-15;1-2/h3-10H,1-2H3;1-2H3. The van der Waals surface area contributed by atoms with Crippen molar-refractivity contribution in [2.75, 3.05) is 0 Å². The van der Waals surface area contributed by atoms with Crippen molar-refractivity contribution >= 4 is 0 Å². The first kappa shape index (κ1) is 23.3. The highest BCUT2D eigenvalue weighted by Gasteiger charge is 2.41. The number of alkyl halides is 2. The Morgan fingerprint density at radius 1 is 0.667 bits per heavy atom. The normalized spacial score (nSPS) is 11.0. The van der Waals surface area contributed by atoms with Gasteiger partial charge in [0.25, 0.3) is 0 Å². The van der Waals surface area contributed by atoms with Gasteiger partial charge in [-0.05, 0) is 37.1 Å². The summed E-state index contributed by atoms with van der Waals surface area (Å²) in [5.41, 5.74) is -0.636. The number of aryl methyl sites for hydroxylation is 1. The van der Waals surface area contributed by atoms with Crippen LogP contribution in [0.4, 0.5) is 26.3 Å². The number of hydrogen-bond acceptors (Lipinski definition) is 1. The minimum absolute atomic E-state index is 0.0574. The zero-order chi connectivity index (χ0) is 22.6. The fraction of sp³-hybridized carbons (Fsp3) is 0.217.